The van der Waals surface area contributed by atoms with E-state index in [0.717, 1.165) is 11.1 Å². The number of benzene rings is 1. The van der Waals surface area contributed by atoms with E-state index in [-0.39, 0.29) is 5.75 Å². The Morgan fingerprint density at radius 3 is 3.00 bits per heavy atom. The molecule has 0 unspecified atom stereocenters. The summed E-state index contributed by atoms with van der Waals surface area (Å²) in [6.07, 6.45) is 0.691. The van der Waals surface area contributed by atoms with Crippen LogP contribution in [0.3, 0.4) is 0 Å². The van der Waals surface area contributed by atoms with Gasteiger partial charge in [0.1, 0.15) is 11.3 Å². The normalized spacial score (nSPS) is 15.0. The molecule has 0 aromatic heterocycles. The number of ether oxygens (including phenoxy) is 1. The molecule has 0 spiro atoms. The highest BCUT2D eigenvalue weighted by atomic mass is 16.5. The fraction of sp³-hybridized carbons (Fsp3) is 0.300. The summed E-state index contributed by atoms with van der Waals surface area (Å²) in [5.41, 5.74) is 2.18. The van der Waals surface area contributed by atoms with E-state index in [9.17, 15) is 9.90 Å². The van der Waals surface area contributed by atoms with Gasteiger partial charge in [0.2, 0.25) is 0 Å². The van der Waals surface area contributed by atoms with Crippen LogP contribution in [0.5, 0.6) is 5.75 Å². The maximum absolute atomic E-state index is 11.2. The van der Waals surface area contributed by atoms with Gasteiger partial charge in [-0.15, -0.1) is 0 Å². The van der Waals surface area contributed by atoms with Crippen LogP contribution >= 0.6 is 0 Å². The summed E-state index contributed by atoms with van der Waals surface area (Å²) in [5, 5.41) is 9.51. The standard InChI is InChI=1S/C10H10O3/c1-6-4-7-2-3-13-10(12)9(7)8(11)5-6/h4-5,11H,2-3H2,1H3. The van der Waals surface area contributed by atoms with Crippen molar-refractivity contribution in [1.82, 2.24) is 0 Å². The Hall–Kier alpha value is -1.51. The molecule has 2 rings (SSSR count). The maximum atomic E-state index is 11.2. The van der Waals surface area contributed by atoms with Crippen molar-refractivity contribution in [3.05, 3.63) is 28.8 Å². The number of fused-ring (bicyclic) bond motifs is 1. The van der Waals surface area contributed by atoms with Crippen LogP contribution in [0.4, 0.5) is 0 Å². The highest BCUT2D eigenvalue weighted by Gasteiger charge is 2.22. The van der Waals surface area contributed by atoms with Crippen LogP contribution in [0, 0.1) is 6.92 Å². The number of phenols is 1. The van der Waals surface area contributed by atoms with Crippen LogP contribution in [0.15, 0.2) is 12.1 Å². The summed E-state index contributed by atoms with van der Waals surface area (Å²) >= 11 is 0. The quantitative estimate of drug-likeness (QED) is 0.611. The predicted molar refractivity (Wildman–Crippen MR) is 46.8 cm³/mol. The molecule has 3 nitrogen and oxygen atoms in total. The molecule has 1 N–H and O–H groups in total. The van der Waals surface area contributed by atoms with Crippen molar-refractivity contribution < 1.29 is 14.6 Å². The lowest BCUT2D eigenvalue weighted by Gasteiger charge is -2.16. The molecule has 0 bridgehead atoms. The van der Waals surface area contributed by atoms with Crippen molar-refractivity contribution in [2.45, 2.75) is 13.3 Å². The first-order valence-electron chi connectivity index (χ1n) is 4.18. The summed E-state index contributed by atoms with van der Waals surface area (Å²) in [7, 11) is 0. The second-order valence-corrected chi connectivity index (χ2v) is 3.20. The minimum atomic E-state index is -0.418. The first-order valence-corrected chi connectivity index (χ1v) is 4.18. The molecule has 0 atom stereocenters. The average molecular weight is 178 g/mol. The van der Waals surface area contributed by atoms with Crippen LogP contribution in [0.25, 0.3) is 0 Å². The number of carbonyl (C=O) groups is 1. The van der Waals surface area contributed by atoms with Crippen molar-refractivity contribution in [2.75, 3.05) is 6.61 Å². The van der Waals surface area contributed by atoms with E-state index in [0.29, 0.717) is 18.6 Å². The van der Waals surface area contributed by atoms with Gasteiger partial charge in [-0.3, -0.25) is 0 Å². The topological polar surface area (TPSA) is 46.5 Å². The monoisotopic (exact) mass is 178 g/mol. The van der Waals surface area contributed by atoms with Crippen molar-refractivity contribution >= 4 is 5.97 Å². The van der Waals surface area contributed by atoms with Gasteiger partial charge >= 0.3 is 5.97 Å². The summed E-state index contributed by atoms with van der Waals surface area (Å²) in [6.45, 7) is 2.30. The number of esters is 1. The van der Waals surface area contributed by atoms with Gasteiger partial charge in [-0.1, -0.05) is 6.07 Å². The van der Waals surface area contributed by atoms with Crippen LogP contribution in [-0.4, -0.2) is 17.7 Å². The number of aromatic hydroxyl groups is 1. The van der Waals surface area contributed by atoms with Gasteiger partial charge in [-0.05, 0) is 24.1 Å². The molecule has 0 amide bonds. The molecule has 1 heterocycles. The minimum absolute atomic E-state index is 0.0275. The third kappa shape index (κ3) is 1.26. The number of hydrogen-bond acceptors (Lipinski definition) is 3. The Kier molecular flexibility index (Phi) is 1.72. The first kappa shape index (κ1) is 8.10. The Bertz CT molecular complexity index is 369. The number of cyclic esters (lactones) is 1. The number of carbonyl (C=O) groups excluding carboxylic acids is 1. The average Bonchev–Trinajstić information content (AvgIpc) is 2.02. The summed E-state index contributed by atoms with van der Waals surface area (Å²) in [5.74, 6) is -0.390. The van der Waals surface area contributed by atoms with E-state index >= 15 is 0 Å². The highest BCUT2D eigenvalue weighted by molar-refractivity contribution is 5.95. The summed E-state index contributed by atoms with van der Waals surface area (Å²) < 4.78 is 4.83. The molecule has 0 aliphatic carbocycles. The highest BCUT2D eigenvalue weighted by Crippen LogP contribution is 2.27. The molecule has 1 aromatic rings. The first-order chi connectivity index (χ1) is 6.18. The zero-order chi connectivity index (χ0) is 9.42. The van der Waals surface area contributed by atoms with Gasteiger partial charge in [0, 0.05) is 6.42 Å². The van der Waals surface area contributed by atoms with E-state index in [4.69, 9.17) is 4.74 Å². The van der Waals surface area contributed by atoms with Gasteiger partial charge in [-0.2, -0.15) is 0 Å². The molecule has 0 fully saturated rings. The Morgan fingerprint density at radius 1 is 1.46 bits per heavy atom. The molecule has 0 saturated carbocycles. The fourth-order valence-corrected chi connectivity index (χ4v) is 1.60. The summed E-state index contributed by atoms with van der Waals surface area (Å²) in [6, 6.07) is 3.49. The predicted octanol–water partition coefficient (Wildman–Crippen LogP) is 1.41. The van der Waals surface area contributed by atoms with E-state index in [1.54, 1.807) is 6.07 Å². The molecule has 68 valence electrons. The van der Waals surface area contributed by atoms with E-state index < -0.39 is 5.97 Å². The number of phenolic OH excluding ortho intramolecular Hbond substituents is 1. The van der Waals surface area contributed by atoms with Crippen LogP contribution < -0.4 is 0 Å². The summed E-state index contributed by atoms with van der Waals surface area (Å²) in [4.78, 5) is 11.2. The fourth-order valence-electron chi connectivity index (χ4n) is 1.60. The number of hydrogen-bond donors (Lipinski definition) is 1. The number of rotatable bonds is 0. The van der Waals surface area contributed by atoms with Gasteiger partial charge in [0.25, 0.3) is 0 Å². The molecule has 3 heteroatoms. The molecule has 0 radical (unpaired) electrons. The Balaban J connectivity index is 2.63. The molecule has 0 saturated heterocycles. The van der Waals surface area contributed by atoms with E-state index in [2.05, 4.69) is 0 Å². The third-order valence-electron chi connectivity index (χ3n) is 2.15. The molecule has 1 aliphatic rings. The lowest BCUT2D eigenvalue weighted by Crippen LogP contribution is -2.17. The minimum Gasteiger partial charge on any atom is -0.507 e. The second-order valence-electron chi connectivity index (χ2n) is 3.20. The van der Waals surface area contributed by atoms with Crippen molar-refractivity contribution in [1.29, 1.82) is 0 Å². The second kappa shape index (κ2) is 2.76. The Morgan fingerprint density at radius 2 is 2.23 bits per heavy atom. The molecule has 1 aliphatic heterocycles. The van der Waals surface area contributed by atoms with Gasteiger partial charge < -0.3 is 9.84 Å². The SMILES string of the molecule is Cc1cc(O)c2c(c1)CCOC2=O. The van der Waals surface area contributed by atoms with Crippen molar-refractivity contribution in [3.8, 4) is 5.75 Å². The van der Waals surface area contributed by atoms with Crippen molar-refractivity contribution in [3.63, 3.8) is 0 Å². The molecule has 1 aromatic carbocycles. The zero-order valence-electron chi connectivity index (χ0n) is 7.33. The largest absolute Gasteiger partial charge is 0.507 e. The molecule has 13 heavy (non-hydrogen) atoms. The zero-order valence-corrected chi connectivity index (χ0v) is 7.33. The lowest BCUT2D eigenvalue weighted by atomic mass is 9.99. The molecular weight excluding hydrogens is 168 g/mol. The van der Waals surface area contributed by atoms with Crippen LogP contribution in [0.1, 0.15) is 21.5 Å². The number of aryl methyl sites for hydroxylation is 1. The maximum Gasteiger partial charge on any atom is 0.342 e. The van der Waals surface area contributed by atoms with E-state index in [1.807, 2.05) is 13.0 Å². The van der Waals surface area contributed by atoms with Crippen molar-refractivity contribution in [2.24, 2.45) is 0 Å². The van der Waals surface area contributed by atoms with Gasteiger partial charge in [0.05, 0.1) is 6.61 Å². The Labute approximate surface area is 76.0 Å². The molecular formula is C10H10O3. The van der Waals surface area contributed by atoms with Gasteiger partial charge in [-0.25, -0.2) is 4.79 Å². The van der Waals surface area contributed by atoms with E-state index in [1.165, 1.54) is 0 Å². The van der Waals surface area contributed by atoms with Gasteiger partial charge in [0.15, 0.2) is 0 Å². The lowest BCUT2D eigenvalue weighted by molar-refractivity contribution is 0.0476. The smallest absolute Gasteiger partial charge is 0.342 e. The van der Waals surface area contributed by atoms with Crippen LogP contribution in [0.2, 0.25) is 0 Å². The van der Waals surface area contributed by atoms with Crippen LogP contribution in [-0.2, 0) is 11.2 Å². The third-order valence-corrected chi connectivity index (χ3v) is 2.15.